The first-order valence-electron chi connectivity index (χ1n) is 12.8. The summed E-state index contributed by atoms with van der Waals surface area (Å²) in [6.45, 7) is 11.3. The highest BCUT2D eigenvalue weighted by Crippen LogP contribution is 2.41. The van der Waals surface area contributed by atoms with Crippen LogP contribution in [0, 0.1) is 0 Å². The van der Waals surface area contributed by atoms with Crippen LogP contribution in [0.1, 0.15) is 45.4 Å². The summed E-state index contributed by atoms with van der Waals surface area (Å²) in [4.78, 5) is 20.6. The lowest BCUT2D eigenvalue weighted by Gasteiger charge is -2.42. The molecular formula is C26H35N5OS2. The van der Waals surface area contributed by atoms with Crippen LogP contribution in [-0.4, -0.2) is 77.3 Å². The Bertz CT molecular complexity index is 1100. The Morgan fingerprint density at radius 2 is 1.85 bits per heavy atom. The average Bonchev–Trinajstić information content (AvgIpc) is 3.60. The molecule has 0 aliphatic carbocycles. The maximum Gasteiger partial charge on any atom is 0.146 e. The highest BCUT2D eigenvalue weighted by molar-refractivity contribution is 7.18. The second-order valence-corrected chi connectivity index (χ2v) is 11.9. The van der Waals surface area contributed by atoms with Crippen LogP contribution in [0.15, 0.2) is 22.9 Å². The van der Waals surface area contributed by atoms with Gasteiger partial charge in [-0.15, -0.1) is 22.7 Å². The van der Waals surface area contributed by atoms with Gasteiger partial charge in [0.1, 0.15) is 16.5 Å². The topological polar surface area (TPSA) is 44.7 Å². The molecule has 6 nitrogen and oxygen atoms in total. The molecule has 3 fully saturated rings. The largest absolute Gasteiger partial charge is 0.379 e. The van der Waals surface area contributed by atoms with Crippen molar-refractivity contribution in [2.75, 3.05) is 44.3 Å². The predicted molar refractivity (Wildman–Crippen MR) is 142 cm³/mol. The molecule has 3 saturated heterocycles. The molecular weight excluding hydrogens is 462 g/mol. The van der Waals surface area contributed by atoms with Crippen molar-refractivity contribution < 1.29 is 4.74 Å². The quantitative estimate of drug-likeness (QED) is 0.489. The van der Waals surface area contributed by atoms with Crippen molar-refractivity contribution in [2.24, 2.45) is 0 Å². The molecule has 3 aliphatic rings. The number of morpholine rings is 1. The van der Waals surface area contributed by atoms with Crippen molar-refractivity contribution in [3.8, 4) is 10.4 Å². The van der Waals surface area contributed by atoms with Gasteiger partial charge in [0, 0.05) is 60.1 Å². The number of anilines is 1. The van der Waals surface area contributed by atoms with Gasteiger partial charge in [0.15, 0.2) is 0 Å². The van der Waals surface area contributed by atoms with E-state index in [9.17, 15) is 0 Å². The zero-order valence-electron chi connectivity index (χ0n) is 20.3. The van der Waals surface area contributed by atoms with Crippen molar-refractivity contribution in [2.45, 2.75) is 64.2 Å². The van der Waals surface area contributed by atoms with Gasteiger partial charge in [-0.3, -0.25) is 9.80 Å². The van der Waals surface area contributed by atoms with Crippen molar-refractivity contribution in [3.63, 3.8) is 0 Å². The van der Waals surface area contributed by atoms with E-state index in [-0.39, 0.29) is 0 Å². The Morgan fingerprint density at radius 1 is 1.03 bits per heavy atom. The fraction of sp³-hybridized carbons (Fsp3) is 0.615. The van der Waals surface area contributed by atoms with E-state index in [2.05, 4.69) is 51.4 Å². The smallest absolute Gasteiger partial charge is 0.146 e. The number of piperidine rings is 1. The van der Waals surface area contributed by atoms with Crippen LogP contribution in [0.4, 0.5) is 5.82 Å². The summed E-state index contributed by atoms with van der Waals surface area (Å²) in [6, 6.07) is 6.35. The predicted octanol–water partition coefficient (Wildman–Crippen LogP) is 5.09. The zero-order valence-corrected chi connectivity index (χ0v) is 21.9. The molecule has 3 unspecified atom stereocenters. The van der Waals surface area contributed by atoms with Gasteiger partial charge >= 0.3 is 0 Å². The number of thiophene rings is 2. The summed E-state index contributed by atoms with van der Waals surface area (Å²) in [6.07, 6.45) is 5.17. The Balaban J connectivity index is 1.37. The molecule has 0 spiro atoms. The standard InChI is InChI=1S/C26H35N5OS2/c1-18-7-8-19(2)31(18)20-5-3-9-30(15-20)25-24-21(22-6-4-14-33-22)17-34-26(24)28-23(27-25)16-29-10-12-32-13-11-29/h4,6,14,17-20H,3,5,7-13,15-16H2,1-2H3. The summed E-state index contributed by atoms with van der Waals surface area (Å²) in [5.41, 5.74) is 1.30. The summed E-state index contributed by atoms with van der Waals surface area (Å²) in [5.74, 6) is 2.11. The van der Waals surface area contributed by atoms with Gasteiger partial charge in [0.05, 0.1) is 25.1 Å². The molecule has 0 amide bonds. The van der Waals surface area contributed by atoms with E-state index in [0.29, 0.717) is 18.1 Å². The number of nitrogens with zero attached hydrogens (tertiary/aromatic N) is 5. The van der Waals surface area contributed by atoms with Crippen molar-refractivity contribution in [1.82, 2.24) is 19.8 Å². The van der Waals surface area contributed by atoms with Crippen LogP contribution in [0.5, 0.6) is 0 Å². The van der Waals surface area contributed by atoms with Crippen LogP contribution in [0.3, 0.4) is 0 Å². The fourth-order valence-electron chi connectivity index (χ4n) is 6.16. The normalized spacial score (nSPS) is 27.1. The van der Waals surface area contributed by atoms with Crippen molar-refractivity contribution in [1.29, 1.82) is 0 Å². The van der Waals surface area contributed by atoms with Gasteiger partial charge in [-0.1, -0.05) is 6.07 Å². The van der Waals surface area contributed by atoms with Gasteiger partial charge in [-0.2, -0.15) is 0 Å². The number of rotatable bonds is 5. The maximum absolute atomic E-state index is 5.56. The van der Waals surface area contributed by atoms with Gasteiger partial charge in [-0.05, 0) is 51.0 Å². The van der Waals surface area contributed by atoms with Crippen LogP contribution >= 0.6 is 22.7 Å². The first-order chi connectivity index (χ1) is 16.7. The van der Waals surface area contributed by atoms with E-state index < -0.39 is 0 Å². The van der Waals surface area contributed by atoms with E-state index in [1.807, 2.05) is 11.3 Å². The second-order valence-electron chi connectivity index (χ2n) is 10.1. The number of fused-ring (bicyclic) bond motifs is 1. The minimum atomic E-state index is 0.609. The summed E-state index contributed by atoms with van der Waals surface area (Å²) in [7, 11) is 0. The van der Waals surface area contributed by atoms with E-state index in [4.69, 9.17) is 14.7 Å². The molecule has 182 valence electrons. The van der Waals surface area contributed by atoms with Crippen LogP contribution in [-0.2, 0) is 11.3 Å². The Labute approximate surface area is 210 Å². The molecule has 6 rings (SSSR count). The Kier molecular flexibility index (Phi) is 6.60. The molecule has 3 aromatic heterocycles. The average molecular weight is 498 g/mol. The highest BCUT2D eigenvalue weighted by Gasteiger charge is 2.36. The molecule has 0 aromatic carbocycles. The third-order valence-corrected chi connectivity index (χ3v) is 9.63. The summed E-state index contributed by atoms with van der Waals surface area (Å²) in [5, 5.41) is 5.71. The molecule has 8 heteroatoms. The van der Waals surface area contributed by atoms with Crippen molar-refractivity contribution >= 4 is 38.7 Å². The lowest BCUT2D eigenvalue weighted by atomic mass is 10.0. The number of likely N-dealkylation sites (tertiary alicyclic amines) is 1. The number of hydrogen-bond donors (Lipinski definition) is 0. The molecule has 0 bridgehead atoms. The SMILES string of the molecule is CC1CCC(C)N1C1CCCN(c2nc(CN3CCOCC3)nc3scc(-c4cccs4)c23)C1. The maximum atomic E-state index is 5.56. The van der Waals surface area contributed by atoms with Crippen molar-refractivity contribution in [3.05, 3.63) is 28.7 Å². The van der Waals surface area contributed by atoms with Crippen LogP contribution in [0.2, 0.25) is 0 Å². The summed E-state index contributed by atoms with van der Waals surface area (Å²) >= 11 is 3.58. The van der Waals surface area contributed by atoms with Crippen LogP contribution in [0.25, 0.3) is 20.7 Å². The first kappa shape index (κ1) is 22.9. The lowest BCUT2D eigenvalue weighted by molar-refractivity contribution is 0.0331. The molecule has 0 radical (unpaired) electrons. The zero-order chi connectivity index (χ0) is 23.1. The molecule has 3 aromatic rings. The number of aromatic nitrogens is 2. The number of ether oxygens (including phenoxy) is 1. The van der Waals surface area contributed by atoms with Crippen LogP contribution < -0.4 is 4.90 Å². The molecule has 3 atom stereocenters. The molecule has 34 heavy (non-hydrogen) atoms. The second kappa shape index (κ2) is 9.82. The lowest BCUT2D eigenvalue weighted by Crippen LogP contribution is -2.51. The molecule has 6 heterocycles. The van der Waals surface area contributed by atoms with Gasteiger partial charge in [0.25, 0.3) is 0 Å². The summed E-state index contributed by atoms with van der Waals surface area (Å²) < 4.78 is 5.56. The monoisotopic (exact) mass is 497 g/mol. The fourth-order valence-corrected chi connectivity index (χ4v) is 7.94. The van der Waals surface area contributed by atoms with Gasteiger partial charge in [0.2, 0.25) is 0 Å². The molecule has 0 saturated carbocycles. The third kappa shape index (κ3) is 4.39. The van der Waals surface area contributed by atoms with E-state index in [1.165, 1.54) is 41.5 Å². The number of hydrogen-bond acceptors (Lipinski definition) is 8. The van der Waals surface area contributed by atoms with E-state index in [0.717, 1.165) is 62.4 Å². The molecule has 0 N–H and O–H groups in total. The molecule has 3 aliphatic heterocycles. The highest BCUT2D eigenvalue weighted by atomic mass is 32.1. The first-order valence-corrected chi connectivity index (χ1v) is 14.6. The minimum absolute atomic E-state index is 0.609. The Hall–Kier alpha value is -1.58. The van der Waals surface area contributed by atoms with Gasteiger partial charge < -0.3 is 9.64 Å². The van der Waals surface area contributed by atoms with E-state index in [1.54, 1.807) is 11.3 Å². The van der Waals surface area contributed by atoms with E-state index >= 15 is 0 Å². The minimum Gasteiger partial charge on any atom is -0.379 e. The Morgan fingerprint density at radius 3 is 2.62 bits per heavy atom. The van der Waals surface area contributed by atoms with Gasteiger partial charge in [-0.25, -0.2) is 9.97 Å². The third-order valence-electron chi connectivity index (χ3n) is 7.85.